The molecule has 0 aliphatic carbocycles. The molecule has 158 valence electrons. The van der Waals surface area contributed by atoms with Crippen LogP contribution >= 0.6 is 0 Å². The number of amides is 1. The lowest BCUT2D eigenvalue weighted by Crippen LogP contribution is -2.49. The summed E-state index contributed by atoms with van der Waals surface area (Å²) in [6.45, 7) is 4.00. The minimum atomic E-state index is -1.57. The first-order valence-corrected chi connectivity index (χ1v) is 10.7. The summed E-state index contributed by atoms with van der Waals surface area (Å²) in [7, 11) is -1.57. The van der Waals surface area contributed by atoms with Crippen LogP contribution in [-0.2, 0) is 17.6 Å². The zero-order valence-corrected chi connectivity index (χ0v) is 17.7. The minimum absolute atomic E-state index is 0.130. The highest BCUT2D eigenvalue weighted by Crippen LogP contribution is 2.23. The van der Waals surface area contributed by atoms with Gasteiger partial charge in [-0.05, 0) is 48.8 Å². The highest BCUT2D eigenvalue weighted by atomic mass is 16.4. The first-order chi connectivity index (χ1) is 14.4. The van der Waals surface area contributed by atoms with E-state index in [4.69, 9.17) is 0 Å². The Morgan fingerprint density at radius 1 is 1.07 bits per heavy atom. The van der Waals surface area contributed by atoms with Crippen LogP contribution in [0.5, 0.6) is 0 Å². The molecule has 1 amide bonds. The molecule has 1 aromatic heterocycles. The van der Waals surface area contributed by atoms with E-state index in [1.54, 1.807) is 0 Å². The second-order valence-corrected chi connectivity index (χ2v) is 8.44. The molecule has 4 N–H and O–H groups in total. The van der Waals surface area contributed by atoms with E-state index in [0.717, 1.165) is 22.9 Å². The number of nitrogens with one attached hydrogen (secondary N) is 2. The molecule has 2 aromatic carbocycles. The quantitative estimate of drug-likeness (QED) is 0.389. The standard InChI is InChI=1S/C24H31BN2O3/c1-17(2)14-23(25(29)30)27-24(28)19(13-12-18-8-4-3-5-9-18)15-20-16-26-22-11-7-6-10-21(20)22/h3-11,16-17,19,23,26,29-30H,12-15H2,1-2H3,(H,27,28)/t19-,23-/m0/s1. The molecule has 0 unspecified atom stereocenters. The zero-order chi connectivity index (χ0) is 21.5. The summed E-state index contributed by atoms with van der Waals surface area (Å²) in [5.74, 6) is -0.819. The van der Waals surface area contributed by atoms with Gasteiger partial charge in [0.2, 0.25) is 5.91 Å². The van der Waals surface area contributed by atoms with Crippen molar-refractivity contribution < 1.29 is 14.8 Å². The number of hydrogen-bond donors (Lipinski definition) is 4. The predicted octanol–water partition coefficient (Wildman–Crippen LogP) is 3.50. The van der Waals surface area contributed by atoms with Crippen LogP contribution < -0.4 is 5.32 Å². The summed E-state index contributed by atoms with van der Waals surface area (Å²) in [5, 5.41) is 23.5. The number of benzene rings is 2. The fourth-order valence-corrected chi connectivity index (χ4v) is 3.94. The van der Waals surface area contributed by atoms with Crippen LogP contribution in [0.15, 0.2) is 60.8 Å². The number of H-pyrrole nitrogens is 1. The summed E-state index contributed by atoms with van der Waals surface area (Å²) in [4.78, 5) is 16.5. The Kier molecular flexibility index (Phi) is 7.72. The van der Waals surface area contributed by atoms with E-state index in [9.17, 15) is 14.8 Å². The Morgan fingerprint density at radius 2 is 1.77 bits per heavy atom. The monoisotopic (exact) mass is 406 g/mol. The van der Waals surface area contributed by atoms with Crippen LogP contribution in [0.4, 0.5) is 0 Å². The van der Waals surface area contributed by atoms with Gasteiger partial charge in [0.1, 0.15) is 0 Å². The molecule has 1 heterocycles. The van der Waals surface area contributed by atoms with E-state index in [1.807, 2.05) is 56.4 Å². The fourth-order valence-electron chi connectivity index (χ4n) is 3.94. The number of carbonyl (C=O) groups excluding carboxylic acids is 1. The Bertz CT molecular complexity index is 940. The molecule has 0 spiro atoms. The van der Waals surface area contributed by atoms with Gasteiger partial charge in [-0.15, -0.1) is 0 Å². The number of aryl methyl sites for hydroxylation is 1. The van der Waals surface area contributed by atoms with Crippen LogP contribution in [0, 0.1) is 11.8 Å². The molecule has 0 aliphatic heterocycles. The van der Waals surface area contributed by atoms with E-state index in [-0.39, 0.29) is 17.7 Å². The summed E-state index contributed by atoms with van der Waals surface area (Å²) in [6, 6.07) is 18.2. The first-order valence-electron chi connectivity index (χ1n) is 10.7. The van der Waals surface area contributed by atoms with E-state index in [1.165, 1.54) is 5.56 Å². The normalized spacial score (nSPS) is 13.4. The number of fused-ring (bicyclic) bond motifs is 1. The molecule has 0 saturated carbocycles. The molecular weight excluding hydrogens is 375 g/mol. The summed E-state index contributed by atoms with van der Waals surface area (Å²) >= 11 is 0. The molecule has 5 nitrogen and oxygen atoms in total. The zero-order valence-electron chi connectivity index (χ0n) is 17.7. The van der Waals surface area contributed by atoms with Crippen molar-refractivity contribution in [3.63, 3.8) is 0 Å². The molecule has 0 saturated heterocycles. The number of para-hydroxylation sites is 1. The van der Waals surface area contributed by atoms with Crippen molar-refractivity contribution in [3.8, 4) is 0 Å². The lowest BCUT2D eigenvalue weighted by atomic mass is 9.74. The average Bonchev–Trinajstić information content (AvgIpc) is 3.13. The first kappa shape index (κ1) is 22.1. The van der Waals surface area contributed by atoms with Gasteiger partial charge < -0.3 is 20.3 Å². The lowest BCUT2D eigenvalue weighted by Gasteiger charge is -2.23. The van der Waals surface area contributed by atoms with Crippen molar-refractivity contribution in [2.75, 3.05) is 0 Å². The molecule has 0 bridgehead atoms. The highest BCUT2D eigenvalue weighted by molar-refractivity contribution is 6.43. The number of hydrogen-bond acceptors (Lipinski definition) is 3. The van der Waals surface area contributed by atoms with Gasteiger partial charge in [0, 0.05) is 23.0 Å². The van der Waals surface area contributed by atoms with Crippen molar-refractivity contribution in [3.05, 3.63) is 71.9 Å². The van der Waals surface area contributed by atoms with Gasteiger partial charge in [-0.3, -0.25) is 4.79 Å². The smallest absolute Gasteiger partial charge is 0.426 e. The molecule has 0 aliphatic rings. The van der Waals surface area contributed by atoms with Crippen LogP contribution in [0.2, 0.25) is 0 Å². The third-order valence-electron chi connectivity index (χ3n) is 5.55. The van der Waals surface area contributed by atoms with Gasteiger partial charge in [-0.2, -0.15) is 0 Å². The maximum atomic E-state index is 13.2. The van der Waals surface area contributed by atoms with E-state index in [2.05, 4.69) is 28.5 Å². The van der Waals surface area contributed by atoms with Gasteiger partial charge in [0.15, 0.2) is 0 Å². The number of carbonyl (C=O) groups is 1. The maximum absolute atomic E-state index is 13.2. The Hall–Kier alpha value is -2.57. The molecule has 3 aromatic rings. The molecule has 0 fully saturated rings. The number of aromatic nitrogens is 1. The van der Waals surface area contributed by atoms with Crippen molar-refractivity contribution in [1.82, 2.24) is 10.3 Å². The van der Waals surface area contributed by atoms with Gasteiger partial charge >= 0.3 is 7.12 Å². The Labute approximate surface area is 178 Å². The molecule has 3 rings (SSSR count). The van der Waals surface area contributed by atoms with E-state index < -0.39 is 13.1 Å². The molecule has 2 atom stereocenters. The molecule has 30 heavy (non-hydrogen) atoms. The largest absolute Gasteiger partial charge is 0.475 e. The SMILES string of the molecule is CC(C)C[C@H](NC(=O)[C@@H](CCc1ccccc1)Cc1c[nH]c2ccccc12)B(O)O. The molecular formula is C24H31BN2O3. The Morgan fingerprint density at radius 3 is 2.47 bits per heavy atom. The lowest BCUT2D eigenvalue weighted by molar-refractivity contribution is -0.125. The predicted molar refractivity (Wildman–Crippen MR) is 122 cm³/mol. The van der Waals surface area contributed by atoms with Crippen LogP contribution in [0.1, 0.15) is 37.8 Å². The summed E-state index contributed by atoms with van der Waals surface area (Å²) in [5.41, 5.74) is 3.34. The number of aromatic amines is 1. The highest BCUT2D eigenvalue weighted by Gasteiger charge is 2.29. The van der Waals surface area contributed by atoms with Crippen LogP contribution in [0.25, 0.3) is 10.9 Å². The van der Waals surface area contributed by atoms with Crippen molar-refractivity contribution in [2.45, 2.75) is 45.5 Å². The Balaban J connectivity index is 1.78. The minimum Gasteiger partial charge on any atom is -0.426 e. The van der Waals surface area contributed by atoms with Gasteiger partial charge in [-0.1, -0.05) is 62.4 Å². The van der Waals surface area contributed by atoms with Crippen molar-refractivity contribution in [1.29, 1.82) is 0 Å². The third-order valence-corrected chi connectivity index (χ3v) is 5.55. The average molecular weight is 406 g/mol. The molecule has 6 heteroatoms. The molecule has 0 radical (unpaired) electrons. The summed E-state index contributed by atoms with van der Waals surface area (Å²) < 4.78 is 0. The maximum Gasteiger partial charge on any atom is 0.475 e. The van der Waals surface area contributed by atoms with E-state index >= 15 is 0 Å². The van der Waals surface area contributed by atoms with Gasteiger partial charge in [-0.25, -0.2) is 0 Å². The third kappa shape index (κ3) is 5.97. The van der Waals surface area contributed by atoms with Crippen molar-refractivity contribution in [2.24, 2.45) is 11.8 Å². The van der Waals surface area contributed by atoms with Crippen LogP contribution in [-0.4, -0.2) is 34.0 Å². The van der Waals surface area contributed by atoms with Crippen molar-refractivity contribution >= 4 is 23.9 Å². The topological polar surface area (TPSA) is 85.4 Å². The van der Waals surface area contributed by atoms with E-state index in [0.29, 0.717) is 19.3 Å². The van der Waals surface area contributed by atoms with Crippen LogP contribution in [0.3, 0.4) is 0 Å². The van der Waals surface area contributed by atoms with Gasteiger partial charge in [0.05, 0.1) is 5.94 Å². The van der Waals surface area contributed by atoms with Gasteiger partial charge in [0.25, 0.3) is 0 Å². The second kappa shape index (κ2) is 10.5. The number of rotatable bonds is 10. The fraction of sp³-hybridized carbons (Fsp3) is 0.375. The second-order valence-electron chi connectivity index (χ2n) is 8.44. The summed E-state index contributed by atoms with van der Waals surface area (Å²) in [6.07, 6.45) is 4.56.